The van der Waals surface area contributed by atoms with Crippen LogP contribution in [0.15, 0.2) is 12.1 Å². The minimum Gasteiger partial charge on any atom is -0.411 e. The fourth-order valence-corrected chi connectivity index (χ4v) is 1.18. The highest BCUT2D eigenvalue weighted by Crippen LogP contribution is 2.33. The van der Waals surface area contributed by atoms with Crippen LogP contribution in [-0.2, 0) is 0 Å². The van der Waals surface area contributed by atoms with Gasteiger partial charge in [-0.3, -0.25) is 0 Å². The maximum absolute atomic E-state index is 5.65. The van der Waals surface area contributed by atoms with Crippen LogP contribution in [0.3, 0.4) is 0 Å². The van der Waals surface area contributed by atoms with Crippen molar-refractivity contribution in [1.29, 1.82) is 0 Å². The van der Waals surface area contributed by atoms with Crippen molar-refractivity contribution in [2.24, 2.45) is 5.90 Å². The third-order valence-corrected chi connectivity index (χ3v) is 2.29. The first-order valence-electron chi connectivity index (χ1n) is 2.66. The van der Waals surface area contributed by atoms with E-state index in [1.165, 1.54) is 12.1 Å². The Morgan fingerprint density at radius 1 is 1.09 bits per heavy atom. The average Bonchev–Trinajstić information content (AvgIpc) is 1.99. The van der Waals surface area contributed by atoms with Crippen molar-refractivity contribution in [3.05, 3.63) is 27.2 Å². The lowest BCUT2D eigenvalue weighted by atomic mass is 10.3. The van der Waals surface area contributed by atoms with E-state index in [-0.39, 0.29) is 0 Å². The molecule has 5 heteroatoms. The molecule has 1 aromatic rings. The summed E-state index contributed by atoms with van der Waals surface area (Å²) in [6.45, 7) is 0. The first-order valence-corrected chi connectivity index (χ1v) is 3.80. The smallest absolute Gasteiger partial charge is 0.149 e. The normalized spacial score (nSPS) is 9.82. The zero-order valence-electron chi connectivity index (χ0n) is 5.27. The number of rotatable bonds is 1. The van der Waals surface area contributed by atoms with E-state index in [0.717, 1.165) is 0 Å². The standard InChI is InChI=1S/C6H4Cl3NO/c7-4-1-3(11-10)2-5(8)6(4)9/h1-2H,10H2. The SMILES string of the molecule is NOc1cc(Cl)c(Cl)c(Cl)c1. The molecule has 0 saturated heterocycles. The number of benzene rings is 1. The van der Waals surface area contributed by atoms with Gasteiger partial charge in [-0.25, -0.2) is 0 Å². The predicted octanol–water partition coefficient (Wildman–Crippen LogP) is 2.90. The number of hydrogen-bond acceptors (Lipinski definition) is 2. The second-order valence-corrected chi connectivity index (χ2v) is 3.01. The second kappa shape index (κ2) is 3.50. The quantitative estimate of drug-likeness (QED) is 0.574. The molecule has 0 spiro atoms. The molecule has 0 unspecified atom stereocenters. The Kier molecular flexibility index (Phi) is 2.84. The molecule has 60 valence electrons. The molecule has 2 nitrogen and oxygen atoms in total. The number of hydrogen-bond donors (Lipinski definition) is 1. The van der Waals surface area contributed by atoms with Gasteiger partial charge in [-0.15, -0.1) is 0 Å². The monoisotopic (exact) mass is 211 g/mol. The van der Waals surface area contributed by atoms with Gasteiger partial charge in [0.05, 0.1) is 15.1 Å². The largest absolute Gasteiger partial charge is 0.411 e. The molecule has 0 bridgehead atoms. The van der Waals surface area contributed by atoms with E-state index >= 15 is 0 Å². The molecular formula is C6H4Cl3NO. The van der Waals surface area contributed by atoms with Gasteiger partial charge < -0.3 is 4.84 Å². The van der Waals surface area contributed by atoms with Gasteiger partial charge in [0.25, 0.3) is 0 Å². The summed E-state index contributed by atoms with van der Waals surface area (Å²) in [5.41, 5.74) is 0. The van der Waals surface area contributed by atoms with Crippen molar-refractivity contribution in [2.45, 2.75) is 0 Å². The molecule has 1 aromatic carbocycles. The summed E-state index contributed by atoms with van der Waals surface area (Å²) in [5, 5.41) is 0.938. The molecule has 0 atom stereocenters. The van der Waals surface area contributed by atoms with Gasteiger partial charge in [0.15, 0.2) is 0 Å². The molecule has 11 heavy (non-hydrogen) atoms. The highest BCUT2D eigenvalue weighted by Gasteiger charge is 2.05. The Morgan fingerprint density at radius 2 is 1.55 bits per heavy atom. The Morgan fingerprint density at radius 3 is 1.91 bits per heavy atom. The van der Waals surface area contributed by atoms with Gasteiger partial charge in [0, 0.05) is 12.1 Å². The van der Waals surface area contributed by atoms with Crippen LogP contribution < -0.4 is 10.7 Å². The first kappa shape index (κ1) is 8.94. The summed E-state index contributed by atoms with van der Waals surface area (Å²) in [4.78, 5) is 4.40. The van der Waals surface area contributed by atoms with Crippen molar-refractivity contribution in [3.63, 3.8) is 0 Å². The molecule has 2 N–H and O–H groups in total. The minimum absolute atomic E-state index is 0.300. The highest BCUT2D eigenvalue weighted by molar-refractivity contribution is 6.48. The van der Waals surface area contributed by atoms with Crippen molar-refractivity contribution in [2.75, 3.05) is 0 Å². The van der Waals surface area contributed by atoms with E-state index < -0.39 is 0 Å². The van der Waals surface area contributed by atoms with Crippen LogP contribution >= 0.6 is 34.8 Å². The van der Waals surface area contributed by atoms with Crippen molar-refractivity contribution in [1.82, 2.24) is 0 Å². The van der Waals surface area contributed by atoms with Crippen LogP contribution in [0.2, 0.25) is 15.1 Å². The van der Waals surface area contributed by atoms with E-state index in [4.69, 9.17) is 40.7 Å². The molecule has 0 fully saturated rings. The van der Waals surface area contributed by atoms with Crippen LogP contribution in [-0.4, -0.2) is 0 Å². The lowest BCUT2D eigenvalue weighted by Crippen LogP contribution is -2.01. The summed E-state index contributed by atoms with van der Waals surface area (Å²) in [5.74, 6) is 5.26. The summed E-state index contributed by atoms with van der Waals surface area (Å²) in [7, 11) is 0. The third kappa shape index (κ3) is 1.91. The molecule has 0 heterocycles. The van der Waals surface area contributed by atoms with Crippen LogP contribution in [0.5, 0.6) is 5.75 Å². The van der Waals surface area contributed by atoms with E-state index in [2.05, 4.69) is 4.84 Å². The molecular weight excluding hydrogens is 208 g/mol. The Bertz CT molecular complexity index is 254. The summed E-state index contributed by atoms with van der Waals surface area (Å²) in [6.07, 6.45) is 0. The van der Waals surface area contributed by atoms with E-state index in [1.54, 1.807) is 0 Å². The Hall–Kier alpha value is -0.150. The van der Waals surface area contributed by atoms with Crippen LogP contribution in [0, 0.1) is 0 Å². The van der Waals surface area contributed by atoms with Crippen molar-refractivity contribution < 1.29 is 4.84 Å². The van der Waals surface area contributed by atoms with E-state index in [1.807, 2.05) is 0 Å². The minimum atomic E-state index is 0.300. The maximum Gasteiger partial charge on any atom is 0.149 e. The van der Waals surface area contributed by atoms with Gasteiger partial charge >= 0.3 is 0 Å². The molecule has 0 aromatic heterocycles. The van der Waals surface area contributed by atoms with Gasteiger partial charge in [-0.2, -0.15) is 5.90 Å². The number of halogens is 3. The van der Waals surface area contributed by atoms with Gasteiger partial charge in [-0.05, 0) is 0 Å². The summed E-state index contributed by atoms with van der Waals surface area (Å²) in [6, 6.07) is 2.96. The molecule has 1 rings (SSSR count). The maximum atomic E-state index is 5.65. The molecule has 0 amide bonds. The molecule has 0 aliphatic carbocycles. The van der Waals surface area contributed by atoms with Gasteiger partial charge in [0.2, 0.25) is 0 Å². The third-order valence-electron chi connectivity index (χ3n) is 1.09. The Balaban J connectivity index is 3.21. The molecule has 0 saturated carbocycles. The van der Waals surface area contributed by atoms with Gasteiger partial charge in [-0.1, -0.05) is 34.8 Å². The zero-order chi connectivity index (χ0) is 8.43. The van der Waals surface area contributed by atoms with Crippen LogP contribution in [0.25, 0.3) is 0 Å². The zero-order valence-corrected chi connectivity index (χ0v) is 7.54. The predicted molar refractivity (Wildman–Crippen MR) is 46.3 cm³/mol. The van der Waals surface area contributed by atoms with Crippen LogP contribution in [0.4, 0.5) is 0 Å². The second-order valence-electron chi connectivity index (χ2n) is 1.82. The average molecular weight is 212 g/mol. The van der Waals surface area contributed by atoms with E-state index in [0.29, 0.717) is 20.8 Å². The molecule has 0 aliphatic rings. The number of nitrogens with two attached hydrogens (primary N) is 1. The summed E-state index contributed by atoms with van der Waals surface area (Å²) >= 11 is 16.9. The van der Waals surface area contributed by atoms with Crippen molar-refractivity contribution in [3.8, 4) is 5.75 Å². The first-order chi connectivity index (χ1) is 5.15. The Labute approximate surface area is 78.7 Å². The van der Waals surface area contributed by atoms with Gasteiger partial charge in [0.1, 0.15) is 5.75 Å². The topological polar surface area (TPSA) is 35.2 Å². The fraction of sp³-hybridized carbons (Fsp3) is 0. The lowest BCUT2D eigenvalue weighted by molar-refractivity contribution is 0.334. The van der Waals surface area contributed by atoms with Crippen LogP contribution in [0.1, 0.15) is 0 Å². The highest BCUT2D eigenvalue weighted by atomic mass is 35.5. The fourth-order valence-electron chi connectivity index (χ4n) is 0.600. The summed E-state index contributed by atoms with van der Waals surface area (Å²) < 4.78 is 0. The lowest BCUT2D eigenvalue weighted by Gasteiger charge is -2.01. The van der Waals surface area contributed by atoms with E-state index in [9.17, 15) is 0 Å². The molecule has 0 radical (unpaired) electrons. The van der Waals surface area contributed by atoms with Crippen molar-refractivity contribution >= 4 is 34.8 Å². The molecule has 0 aliphatic heterocycles.